The molecule has 0 aliphatic carbocycles. The second-order valence-corrected chi connectivity index (χ2v) is 5.97. The van der Waals surface area contributed by atoms with Crippen LogP contribution in [0.4, 0.5) is 0 Å². The lowest BCUT2D eigenvalue weighted by Crippen LogP contribution is -2.62. The normalized spacial score (nSPS) is 37.2. The summed E-state index contributed by atoms with van der Waals surface area (Å²) in [4.78, 5) is 0. The number of aliphatic hydroxyl groups is 2. The van der Waals surface area contributed by atoms with E-state index in [1.165, 1.54) is 0 Å². The summed E-state index contributed by atoms with van der Waals surface area (Å²) in [5, 5.41) is 20.6. The van der Waals surface area contributed by atoms with E-state index in [1.54, 1.807) is 0 Å². The van der Waals surface area contributed by atoms with Crippen LogP contribution in [0.1, 0.15) is 18.8 Å². The van der Waals surface area contributed by atoms with Crippen LogP contribution in [0.3, 0.4) is 0 Å². The average molecular weight is 322 g/mol. The molecule has 126 valence electrons. The minimum Gasteiger partial charge on any atom is -0.387 e. The molecule has 0 radical (unpaired) electrons. The van der Waals surface area contributed by atoms with Crippen LogP contribution in [0.25, 0.3) is 0 Å². The van der Waals surface area contributed by atoms with Gasteiger partial charge in [-0.25, -0.2) is 0 Å². The van der Waals surface area contributed by atoms with E-state index in [0.717, 1.165) is 11.1 Å². The molecule has 0 saturated carbocycles. The molecular formula is C17H22O6. The Morgan fingerprint density at radius 3 is 2.65 bits per heavy atom. The van der Waals surface area contributed by atoms with E-state index in [0.29, 0.717) is 0 Å². The highest BCUT2D eigenvalue weighted by atomic mass is 16.8. The Kier molecular flexibility index (Phi) is 5.11. The minimum absolute atomic E-state index is 0.250. The van der Waals surface area contributed by atoms with E-state index in [-0.39, 0.29) is 13.2 Å². The third-order valence-electron chi connectivity index (χ3n) is 3.90. The standard InChI is InChI=1S/C17H22O6/c1-10(2)8-20-17-14(19)13(18)15-12(22-17)9-21-16(23-15)11-6-4-3-5-7-11/h3-7,12-19H,1,8-9H2,2H3/t12-,13-,14-,15-,16-,17-/m1/s1. The van der Waals surface area contributed by atoms with Crippen molar-refractivity contribution in [2.75, 3.05) is 13.2 Å². The van der Waals surface area contributed by atoms with Gasteiger partial charge in [0.1, 0.15) is 24.4 Å². The van der Waals surface area contributed by atoms with Crippen LogP contribution in [0.2, 0.25) is 0 Å². The Labute approximate surface area is 135 Å². The predicted octanol–water partition coefficient (Wildman–Crippen LogP) is 1.14. The zero-order valence-corrected chi connectivity index (χ0v) is 13.0. The van der Waals surface area contributed by atoms with Crippen molar-refractivity contribution in [1.82, 2.24) is 0 Å². The van der Waals surface area contributed by atoms with Crippen molar-refractivity contribution >= 4 is 0 Å². The lowest BCUT2D eigenvalue weighted by Gasteiger charge is -2.46. The molecule has 2 saturated heterocycles. The van der Waals surface area contributed by atoms with Crippen molar-refractivity contribution in [2.24, 2.45) is 0 Å². The lowest BCUT2D eigenvalue weighted by atomic mass is 9.98. The molecule has 2 aliphatic heterocycles. The predicted molar refractivity (Wildman–Crippen MR) is 81.4 cm³/mol. The van der Waals surface area contributed by atoms with Gasteiger partial charge in [-0.05, 0) is 6.92 Å². The van der Waals surface area contributed by atoms with Crippen molar-refractivity contribution in [3.05, 3.63) is 48.0 Å². The van der Waals surface area contributed by atoms with Crippen molar-refractivity contribution in [3.8, 4) is 0 Å². The zero-order chi connectivity index (χ0) is 16.4. The molecule has 2 heterocycles. The van der Waals surface area contributed by atoms with Gasteiger partial charge in [0.25, 0.3) is 0 Å². The molecule has 0 bridgehead atoms. The third-order valence-corrected chi connectivity index (χ3v) is 3.90. The summed E-state index contributed by atoms with van der Waals surface area (Å²) >= 11 is 0. The number of hydrogen-bond donors (Lipinski definition) is 2. The number of fused-ring (bicyclic) bond motifs is 1. The molecule has 0 aromatic heterocycles. The highest BCUT2D eigenvalue weighted by molar-refractivity contribution is 5.16. The monoisotopic (exact) mass is 322 g/mol. The minimum atomic E-state index is -1.19. The van der Waals surface area contributed by atoms with Crippen LogP contribution >= 0.6 is 0 Å². The molecule has 6 heteroatoms. The summed E-state index contributed by atoms with van der Waals surface area (Å²) in [7, 11) is 0. The molecular weight excluding hydrogens is 300 g/mol. The van der Waals surface area contributed by atoms with Crippen molar-refractivity contribution in [3.63, 3.8) is 0 Å². The second kappa shape index (κ2) is 7.09. The first-order valence-electron chi connectivity index (χ1n) is 7.66. The molecule has 1 aromatic carbocycles. The number of rotatable bonds is 4. The van der Waals surface area contributed by atoms with Crippen LogP contribution in [0, 0.1) is 0 Å². The first-order chi connectivity index (χ1) is 11.1. The van der Waals surface area contributed by atoms with Crippen LogP contribution in [-0.2, 0) is 18.9 Å². The SMILES string of the molecule is C=C(C)CO[C@@H]1O[C@@H]2CO[C@@H](c3ccccc3)O[C@H]2[C@H](O)[C@H]1O. The molecule has 1 aromatic rings. The Bertz CT molecular complexity index is 531. The Morgan fingerprint density at radius 2 is 1.96 bits per heavy atom. The fourth-order valence-electron chi connectivity index (χ4n) is 2.72. The van der Waals surface area contributed by atoms with Gasteiger partial charge in [-0.1, -0.05) is 42.5 Å². The van der Waals surface area contributed by atoms with Gasteiger partial charge >= 0.3 is 0 Å². The molecule has 0 amide bonds. The fourth-order valence-corrected chi connectivity index (χ4v) is 2.72. The molecule has 2 N–H and O–H groups in total. The quantitative estimate of drug-likeness (QED) is 0.810. The molecule has 3 rings (SSSR count). The summed E-state index contributed by atoms with van der Waals surface area (Å²) < 4.78 is 22.6. The van der Waals surface area contributed by atoms with E-state index >= 15 is 0 Å². The van der Waals surface area contributed by atoms with Crippen molar-refractivity contribution < 1.29 is 29.2 Å². The maximum Gasteiger partial charge on any atom is 0.187 e. The first-order valence-corrected chi connectivity index (χ1v) is 7.66. The van der Waals surface area contributed by atoms with Gasteiger partial charge in [0, 0.05) is 5.56 Å². The van der Waals surface area contributed by atoms with Gasteiger partial charge in [0.15, 0.2) is 12.6 Å². The average Bonchev–Trinajstić information content (AvgIpc) is 2.57. The smallest absolute Gasteiger partial charge is 0.187 e. The van der Waals surface area contributed by atoms with E-state index in [1.807, 2.05) is 37.3 Å². The maximum atomic E-state index is 10.4. The van der Waals surface area contributed by atoms with E-state index in [4.69, 9.17) is 18.9 Å². The number of hydrogen-bond acceptors (Lipinski definition) is 6. The number of benzene rings is 1. The fraction of sp³-hybridized carbons (Fsp3) is 0.529. The van der Waals surface area contributed by atoms with Gasteiger partial charge in [-0.2, -0.15) is 0 Å². The Morgan fingerprint density at radius 1 is 1.22 bits per heavy atom. The molecule has 0 unspecified atom stereocenters. The second-order valence-electron chi connectivity index (χ2n) is 5.97. The first kappa shape index (κ1) is 16.6. The van der Waals surface area contributed by atoms with Gasteiger partial charge in [-0.3, -0.25) is 0 Å². The molecule has 2 fully saturated rings. The highest BCUT2D eigenvalue weighted by Gasteiger charge is 2.49. The topological polar surface area (TPSA) is 77.4 Å². The molecule has 6 nitrogen and oxygen atoms in total. The molecule has 0 spiro atoms. The largest absolute Gasteiger partial charge is 0.387 e. The summed E-state index contributed by atoms with van der Waals surface area (Å²) in [5.41, 5.74) is 1.66. The van der Waals surface area contributed by atoms with E-state index in [9.17, 15) is 10.2 Å². The molecule has 6 atom stereocenters. The van der Waals surface area contributed by atoms with Gasteiger partial charge in [0.2, 0.25) is 0 Å². The van der Waals surface area contributed by atoms with E-state index < -0.39 is 37.0 Å². The van der Waals surface area contributed by atoms with Gasteiger partial charge in [0.05, 0.1) is 13.2 Å². The lowest BCUT2D eigenvalue weighted by molar-refractivity contribution is -0.360. The van der Waals surface area contributed by atoms with Crippen LogP contribution in [0.5, 0.6) is 0 Å². The number of aliphatic hydroxyl groups excluding tert-OH is 2. The Balaban J connectivity index is 1.67. The van der Waals surface area contributed by atoms with Crippen LogP contribution in [0.15, 0.2) is 42.5 Å². The highest BCUT2D eigenvalue weighted by Crippen LogP contribution is 2.34. The summed E-state index contributed by atoms with van der Waals surface area (Å²) in [5.74, 6) is 0. The zero-order valence-electron chi connectivity index (χ0n) is 13.0. The van der Waals surface area contributed by atoms with Crippen LogP contribution < -0.4 is 0 Å². The van der Waals surface area contributed by atoms with Crippen molar-refractivity contribution in [1.29, 1.82) is 0 Å². The number of ether oxygens (including phenoxy) is 4. The van der Waals surface area contributed by atoms with Gasteiger partial charge < -0.3 is 29.2 Å². The third kappa shape index (κ3) is 3.63. The Hall–Kier alpha value is -1.28. The summed E-state index contributed by atoms with van der Waals surface area (Å²) in [6.45, 7) is 6.05. The van der Waals surface area contributed by atoms with E-state index in [2.05, 4.69) is 6.58 Å². The summed E-state index contributed by atoms with van der Waals surface area (Å²) in [6.07, 6.45) is -4.99. The molecule has 23 heavy (non-hydrogen) atoms. The maximum absolute atomic E-state index is 10.4. The molecule has 2 aliphatic rings. The van der Waals surface area contributed by atoms with Crippen LogP contribution in [-0.4, -0.2) is 54.1 Å². The summed E-state index contributed by atoms with van der Waals surface area (Å²) in [6, 6.07) is 9.45. The van der Waals surface area contributed by atoms with Gasteiger partial charge in [-0.15, -0.1) is 0 Å². The van der Waals surface area contributed by atoms with Crippen molar-refractivity contribution in [2.45, 2.75) is 43.9 Å².